The van der Waals surface area contributed by atoms with Gasteiger partial charge in [-0.3, -0.25) is 9.59 Å². The van der Waals surface area contributed by atoms with E-state index in [1.54, 1.807) is 24.3 Å². The van der Waals surface area contributed by atoms with E-state index in [4.69, 9.17) is 4.74 Å². The van der Waals surface area contributed by atoms with E-state index in [2.05, 4.69) is 10.6 Å². The quantitative estimate of drug-likeness (QED) is 0.911. The van der Waals surface area contributed by atoms with Crippen molar-refractivity contribution in [1.82, 2.24) is 0 Å². The van der Waals surface area contributed by atoms with Crippen LogP contribution in [0, 0.1) is 0 Å². The van der Waals surface area contributed by atoms with Gasteiger partial charge >= 0.3 is 0 Å². The average molecular weight is 310 g/mol. The zero-order chi connectivity index (χ0) is 16.2. The number of para-hydroxylation sites is 1. The van der Waals surface area contributed by atoms with E-state index >= 15 is 0 Å². The van der Waals surface area contributed by atoms with Gasteiger partial charge in [0.25, 0.3) is 0 Å². The maximum Gasteiger partial charge on any atom is 0.232 e. The van der Waals surface area contributed by atoms with E-state index in [9.17, 15) is 9.59 Å². The minimum atomic E-state index is -0.480. The summed E-state index contributed by atoms with van der Waals surface area (Å²) in [6, 6.07) is 14.6. The Morgan fingerprint density at radius 2 is 1.96 bits per heavy atom. The van der Waals surface area contributed by atoms with Crippen LogP contribution in [-0.4, -0.2) is 18.4 Å². The Bertz CT molecular complexity index is 725. The van der Waals surface area contributed by atoms with Gasteiger partial charge in [-0.1, -0.05) is 18.2 Å². The minimum absolute atomic E-state index is 0.143. The molecular weight excluding hydrogens is 292 g/mol. The summed E-state index contributed by atoms with van der Waals surface area (Å²) in [5.74, 6) is -0.0496. The van der Waals surface area contributed by atoms with Crippen molar-refractivity contribution in [1.29, 1.82) is 0 Å². The lowest BCUT2D eigenvalue weighted by molar-refractivity contribution is -0.123. The number of ether oxygens (including phenoxy) is 1. The molecule has 23 heavy (non-hydrogen) atoms. The van der Waals surface area contributed by atoms with Gasteiger partial charge in [-0.2, -0.15) is 0 Å². The van der Waals surface area contributed by atoms with Crippen LogP contribution in [0.25, 0.3) is 0 Å². The number of carbonyl (C=O) groups is 2. The summed E-state index contributed by atoms with van der Waals surface area (Å²) in [7, 11) is 0. The van der Waals surface area contributed by atoms with Crippen LogP contribution in [0.2, 0.25) is 0 Å². The average Bonchev–Trinajstić information content (AvgIpc) is 2.56. The molecule has 1 aliphatic heterocycles. The highest BCUT2D eigenvalue weighted by atomic mass is 16.5. The zero-order valence-electron chi connectivity index (χ0n) is 12.8. The van der Waals surface area contributed by atoms with Crippen LogP contribution < -0.4 is 15.4 Å². The van der Waals surface area contributed by atoms with Gasteiger partial charge < -0.3 is 15.4 Å². The van der Waals surface area contributed by atoms with Crippen molar-refractivity contribution in [3.63, 3.8) is 0 Å². The first kappa shape index (κ1) is 15.1. The molecule has 2 N–H and O–H groups in total. The smallest absolute Gasteiger partial charge is 0.232 e. The molecule has 2 amide bonds. The maximum atomic E-state index is 12.6. The fourth-order valence-corrected chi connectivity index (χ4v) is 2.68. The lowest BCUT2D eigenvalue weighted by Crippen LogP contribution is -2.30. The largest absolute Gasteiger partial charge is 0.494 e. The Hall–Kier alpha value is -2.82. The SMILES string of the molecule is CCOc1ccc(NC(=O)[C@@H]2CC(=O)Nc3ccccc32)cc1. The lowest BCUT2D eigenvalue weighted by atomic mass is 9.90. The second-order valence-electron chi connectivity index (χ2n) is 5.34. The van der Waals surface area contributed by atoms with Gasteiger partial charge in [0.2, 0.25) is 11.8 Å². The molecule has 0 spiro atoms. The molecule has 1 aliphatic rings. The van der Waals surface area contributed by atoms with Gasteiger partial charge in [0.15, 0.2) is 0 Å². The predicted octanol–water partition coefficient (Wildman–Crippen LogP) is 3.15. The first-order valence-corrected chi connectivity index (χ1v) is 7.60. The van der Waals surface area contributed by atoms with Crippen LogP contribution in [0.3, 0.4) is 0 Å². The van der Waals surface area contributed by atoms with E-state index in [1.807, 2.05) is 31.2 Å². The molecule has 0 unspecified atom stereocenters. The third-order valence-corrected chi connectivity index (χ3v) is 3.75. The molecule has 0 aliphatic carbocycles. The molecule has 0 bridgehead atoms. The summed E-state index contributed by atoms with van der Waals surface area (Å²) in [4.78, 5) is 24.4. The van der Waals surface area contributed by atoms with Crippen molar-refractivity contribution >= 4 is 23.2 Å². The number of hydrogen-bond donors (Lipinski definition) is 2. The molecule has 0 fully saturated rings. The number of carbonyl (C=O) groups excluding carboxylic acids is 2. The molecule has 0 saturated carbocycles. The summed E-state index contributed by atoms with van der Waals surface area (Å²) in [5.41, 5.74) is 2.23. The summed E-state index contributed by atoms with van der Waals surface area (Å²) in [5, 5.41) is 5.66. The van der Waals surface area contributed by atoms with Crippen molar-refractivity contribution in [3.8, 4) is 5.75 Å². The number of amides is 2. The number of anilines is 2. The Morgan fingerprint density at radius 1 is 1.22 bits per heavy atom. The van der Waals surface area contributed by atoms with Gasteiger partial charge in [-0.05, 0) is 42.8 Å². The minimum Gasteiger partial charge on any atom is -0.494 e. The first-order chi connectivity index (χ1) is 11.2. The number of rotatable bonds is 4. The van der Waals surface area contributed by atoms with Crippen LogP contribution in [0.5, 0.6) is 5.75 Å². The van der Waals surface area contributed by atoms with Gasteiger partial charge in [-0.15, -0.1) is 0 Å². The fourth-order valence-electron chi connectivity index (χ4n) is 2.68. The molecule has 0 saturated heterocycles. The van der Waals surface area contributed by atoms with Crippen molar-refractivity contribution in [3.05, 3.63) is 54.1 Å². The van der Waals surface area contributed by atoms with Gasteiger partial charge in [0.05, 0.1) is 12.5 Å². The van der Waals surface area contributed by atoms with Gasteiger partial charge in [0, 0.05) is 17.8 Å². The maximum absolute atomic E-state index is 12.6. The molecule has 2 aromatic carbocycles. The normalized spacial score (nSPS) is 16.2. The highest BCUT2D eigenvalue weighted by Crippen LogP contribution is 2.32. The summed E-state index contributed by atoms with van der Waals surface area (Å²) < 4.78 is 5.38. The fraction of sp³-hybridized carbons (Fsp3) is 0.222. The molecule has 118 valence electrons. The third kappa shape index (κ3) is 3.34. The Morgan fingerprint density at radius 3 is 2.70 bits per heavy atom. The van der Waals surface area contributed by atoms with Crippen molar-refractivity contribution in [2.45, 2.75) is 19.3 Å². The number of benzene rings is 2. The predicted molar refractivity (Wildman–Crippen MR) is 88.7 cm³/mol. The summed E-state index contributed by atoms with van der Waals surface area (Å²) >= 11 is 0. The van der Waals surface area contributed by atoms with E-state index < -0.39 is 5.92 Å². The van der Waals surface area contributed by atoms with Crippen molar-refractivity contribution < 1.29 is 14.3 Å². The van der Waals surface area contributed by atoms with Crippen LogP contribution in [0.4, 0.5) is 11.4 Å². The van der Waals surface area contributed by atoms with Gasteiger partial charge in [-0.25, -0.2) is 0 Å². The monoisotopic (exact) mass is 310 g/mol. The molecule has 5 nitrogen and oxygen atoms in total. The van der Waals surface area contributed by atoms with Crippen LogP contribution in [0.15, 0.2) is 48.5 Å². The summed E-state index contributed by atoms with van der Waals surface area (Å²) in [6.45, 7) is 2.51. The topological polar surface area (TPSA) is 67.4 Å². The molecule has 2 aromatic rings. The molecular formula is C18H18N2O3. The Balaban J connectivity index is 1.77. The Labute approximate surface area is 134 Å². The highest BCUT2D eigenvalue weighted by molar-refractivity contribution is 6.05. The van der Waals surface area contributed by atoms with Gasteiger partial charge in [0.1, 0.15) is 5.75 Å². The van der Waals surface area contributed by atoms with E-state index in [-0.39, 0.29) is 18.2 Å². The molecule has 3 rings (SSSR count). The number of nitrogens with one attached hydrogen (secondary N) is 2. The van der Waals surface area contributed by atoms with Crippen LogP contribution in [0.1, 0.15) is 24.8 Å². The second-order valence-corrected chi connectivity index (χ2v) is 5.34. The Kier molecular flexibility index (Phi) is 4.28. The zero-order valence-corrected chi connectivity index (χ0v) is 12.8. The standard InChI is InChI=1S/C18H18N2O3/c1-2-23-13-9-7-12(8-10-13)19-18(22)15-11-17(21)20-16-6-4-3-5-14(15)16/h3-10,15H,2,11H2,1H3,(H,19,22)(H,20,21)/t15-/m1/s1. The number of hydrogen-bond acceptors (Lipinski definition) is 3. The van der Waals surface area contributed by atoms with Crippen LogP contribution in [-0.2, 0) is 9.59 Å². The van der Waals surface area contributed by atoms with Crippen LogP contribution >= 0.6 is 0 Å². The molecule has 5 heteroatoms. The number of fused-ring (bicyclic) bond motifs is 1. The van der Waals surface area contributed by atoms with E-state index in [1.165, 1.54) is 0 Å². The van der Waals surface area contributed by atoms with Crippen molar-refractivity contribution in [2.24, 2.45) is 0 Å². The molecule has 0 aromatic heterocycles. The molecule has 1 atom stereocenters. The second kappa shape index (κ2) is 6.52. The molecule has 1 heterocycles. The summed E-state index contributed by atoms with van der Waals surface area (Å²) in [6.07, 6.45) is 0.153. The van der Waals surface area contributed by atoms with E-state index in [0.29, 0.717) is 18.0 Å². The van der Waals surface area contributed by atoms with Crippen molar-refractivity contribution in [2.75, 3.05) is 17.2 Å². The van der Waals surface area contributed by atoms with E-state index in [0.717, 1.165) is 11.3 Å². The lowest BCUT2D eigenvalue weighted by Gasteiger charge is -2.24. The third-order valence-electron chi connectivity index (χ3n) is 3.75. The first-order valence-electron chi connectivity index (χ1n) is 7.60. The molecule has 0 radical (unpaired) electrons. The highest BCUT2D eigenvalue weighted by Gasteiger charge is 2.30.